The second-order valence-electron chi connectivity index (χ2n) is 7.20. The van der Waals surface area contributed by atoms with E-state index in [9.17, 15) is 29.7 Å². The quantitative estimate of drug-likeness (QED) is 0.256. The van der Waals surface area contributed by atoms with Crippen LogP contribution in [-0.4, -0.2) is 45.9 Å². The summed E-state index contributed by atoms with van der Waals surface area (Å²) >= 11 is 0. The highest BCUT2D eigenvalue weighted by molar-refractivity contribution is 5.89. The largest absolute Gasteiger partial charge is 0.481 e. The maximum atomic E-state index is 11.5. The molecular weight excluding hydrogens is 352 g/mol. The normalized spacial score (nSPS) is 14.3. The Morgan fingerprint density at radius 3 is 1.67 bits per heavy atom. The molecule has 7 nitrogen and oxygen atoms in total. The van der Waals surface area contributed by atoms with E-state index in [1.54, 1.807) is 0 Å². The number of rotatable bonds is 17. The summed E-state index contributed by atoms with van der Waals surface area (Å²) in [6, 6.07) is 0. The molecule has 2 atom stereocenters. The Balaban J connectivity index is 4.23. The lowest BCUT2D eigenvalue weighted by atomic mass is 9.81. The van der Waals surface area contributed by atoms with E-state index in [2.05, 4.69) is 11.7 Å². The van der Waals surface area contributed by atoms with Gasteiger partial charge < -0.3 is 20.1 Å². The van der Waals surface area contributed by atoms with Crippen LogP contribution in [0.25, 0.3) is 0 Å². The molecule has 2 unspecified atom stereocenters. The van der Waals surface area contributed by atoms with Gasteiger partial charge in [-0.25, -0.2) is 4.79 Å². The SMILES string of the molecule is CCCCCCCCCCCCCC(C(=O)O)C(O)(CC(=O)OC)C(=O)O. The molecular formula is C20H36O7. The molecule has 0 fully saturated rings. The van der Waals surface area contributed by atoms with Crippen LogP contribution in [-0.2, 0) is 19.1 Å². The van der Waals surface area contributed by atoms with Crippen molar-refractivity contribution in [3.63, 3.8) is 0 Å². The van der Waals surface area contributed by atoms with Crippen molar-refractivity contribution in [1.82, 2.24) is 0 Å². The van der Waals surface area contributed by atoms with Crippen LogP contribution >= 0.6 is 0 Å². The second kappa shape index (κ2) is 14.4. The first-order valence-corrected chi connectivity index (χ1v) is 10.0. The first kappa shape index (κ1) is 25.4. The number of carboxylic acid groups (broad SMARTS) is 2. The summed E-state index contributed by atoms with van der Waals surface area (Å²) < 4.78 is 4.38. The molecule has 0 heterocycles. The molecule has 0 saturated heterocycles. The number of carbonyl (C=O) groups is 3. The van der Waals surface area contributed by atoms with Crippen LogP contribution in [0.4, 0.5) is 0 Å². The standard InChI is InChI=1S/C20H36O7/c1-3-4-5-6-7-8-9-10-11-12-13-14-16(18(22)23)20(26,19(24)25)15-17(21)27-2/h16,26H,3-15H2,1-2H3,(H,22,23)(H,24,25). The predicted octanol–water partition coefficient (Wildman–Crippen LogP) is 3.77. The Hall–Kier alpha value is -1.63. The van der Waals surface area contributed by atoms with Gasteiger partial charge in [0.15, 0.2) is 5.60 Å². The Labute approximate surface area is 162 Å². The number of esters is 1. The Morgan fingerprint density at radius 1 is 0.852 bits per heavy atom. The Morgan fingerprint density at radius 2 is 1.30 bits per heavy atom. The molecule has 0 aliphatic heterocycles. The number of methoxy groups -OCH3 is 1. The number of aliphatic carboxylic acids is 2. The molecule has 0 saturated carbocycles. The molecule has 0 aromatic heterocycles. The third-order valence-corrected chi connectivity index (χ3v) is 4.98. The topological polar surface area (TPSA) is 121 Å². The summed E-state index contributed by atoms with van der Waals surface area (Å²) in [6.07, 6.45) is 11.1. The fourth-order valence-electron chi connectivity index (χ4n) is 3.22. The molecule has 3 N–H and O–H groups in total. The minimum Gasteiger partial charge on any atom is -0.481 e. The molecule has 7 heteroatoms. The van der Waals surface area contributed by atoms with E-state index in [1.807, 2.05) is 0 Å². The lowest BCUT2D eigenvalue weighted by Gasteiger charge is -2.28. The number of carbonyl (C=O) groups excluding carboxylic acids is 1. The first-order chi connectivity index (χ1) is 12.8. The number of hydrogen-bond acceptors (Lipinski definition) is 5. The summed E-state index contributed by atoms with van der Waals surface area (Å²) in [7, 11) is 1.06. The summed E-state index contributed by atoms with van der Waals surface area (Å²) in [5, 5.41) is 28.9. The van der Waals surface area contributed by atoms with Crippen LogP contribution < -0.4 is 0 Å². The van der Waals surface area contributed by atoms with Crippen LogP contribution in [0.5, 0.6) is 0 Å². The van der Waals surface area contributed by atoms with Crippen molar-refractivity contribution in [2.45, 2.75) is 96.0 Å². The lowest BCUT2D eigenvalue weighted by molar-refractivity contribution is -0.180. The molecule has 0 rings (SSSR count). The van der Waals surface area contributed by atoms with Crippen molar-refractivity contribution in [2.75, 3.05) is 7.11 Å². The maximum absolute atomic E-state index is 11.5. The summed E-state index contributed by atoms with van der Waals surface area (Å²) in [6.45, 7) is 2.20. The average Bonchev–Trinajstić information content (AvgIpc) is 2.61. The molecule has 0 aromatic rings. The van der Waals surface area contributed by atoms with E-state index in [0.717, 1.165) is 32.8 Å². The van der Waals surface area contributed by atoms with Crippen molar-refractivity contribution >= 4 is 17.9 Å². The van der Waals surface area contributed by atoms with Gasteiger partial charge in [-0.2, -0.15) is 0 Å². The zero-order valence-corrected chi connectivity index (χ0v) is 16.7. The molecule has 0 radical (unpaired) electrons. The fourth-order valence-corrected chi connectivity index (χ4v) is 3.22. The van der Waals surface area contributed by atoms with E-state index in [-0.39, 0.29) is 6.42 Å². The van der Waals surface area contributed by atoms with Crippen LogP contribution in [0.15, 0.2) is 0 Å². The van der Waals surface area contributed by atoms with Crippen molar-refractivity contribution in [2.24, 2.45) is 5.92 Å². The van der Waals surface area contributed by atoms with Gasteiger partial charge in [0, 0.05) is 0 Å². The highest BCUT2D eigenvalue weighted by atomic mass is 16.5. The number of ether oxygens (including phenoxy) is 1. The fraction of sp³-hybridized carbons (Fsp3) is 0.850. The highest BCUT2D eigenvalue weighted by Gasteiger charge is 2.49. The summed E-state index contributed by atoms with van der Waals surface area (Å²) in [5.41, 5.74) is -2.66. The summed E-state index contributed by atoms with van der Waals surface area (Å²) in [4.78, 5) is 34.2. The predicted molar refractivity (Wildman–Crippen MR) is 101 cm³/mol. The van der Waals surface area contributed by atoms with Gasteiger partial charge in [0.05, 0.1) is 19.4 Å². The van der Waals surface area contributed by atoms with Gasteiger partial charge in [-0.05, 0) is 6.42 Å². The van der Waals surface area contributed by atoms with Crippen LogP contribution in [0.2, 0.25) is 0 Å². The minimum absolute atomic E-state index is 0.00610. The van der Waals surface area contributed by atoms with E-state index in [0.29, 0.717) is 6.42 Å². The minimum atomic E-state index is -2.66. The first-order valence-electron chi connectivity index (χ1n) is 10.0. The zero-order chi connectivity index (χ0) is 20.7. The zero-order valence-electron chi connectivity index (χ0n) is 16.7. The monoisotopic (exact) mass is 388 g/mol. The molecule has 0 bridgehead atoms. The average molecular weight is 389 g/mol. The van der Waals surface area contributed by atoms with Crippen molar-refractivity contribution in [3.8, 4) is 0 Å². The number of hydrogen-bond donors (Lipinski definition) is 3. The van der Waals surface area contributed by atoms with Gasteiger partial charge in [0.25, 0.3) is 0 Å². The van der Waals surface area contributed by atoms with E-state index < -0.39 is 35.8 Å². The summed E-state index contributed by atoms with van der Waals surface area (Å²) in [5.74, 6) is -5.64. The Bertz CT molecular complexity index is 450. The lowest BCUT2D eigenvalue weighted by Crippen LogP contribution is -2.50. The molecule has 0 amide bonds. The third kappa shape index (κ3) is 10.3. The van der Waals surface area contributed by atoms with Crippen LogP contribution in [0, 0.1) is 5.92 Å². The molecule has 0 spiro atoms. The van der Waals surface area contributed by atoms with Gasteiger partial charge in [-0.3, -0.25) is 9.59 Å². The highest BCUT2D eigenvalue weighted by Crippen LogP contribution is 2.28. The number of carboxylic acids is 2. The maximum Gasteiger partial charge on any atom is 0.337 e. The van der Waals surface area contributed by atoms with E-state index >= 15 is 0 Å². The number of aliphatic hydroxyl groups is 1. The molecule has 27 heavy (non-hydrogen) atoms. The second-order valence-corrected chi connectivity index (χ2v) is 7.20. The van der Waals surface area contributed by atoms with Crippen molar-refractivity contribution < 1.29 is 34.4 Å². The van der Waals surface area contributed by atoms with Gasteiger partial charge in [-0.15, -0.1) is 0 Å². The molecule has 0 aliphatic carbocycles. The number of unbranched alkanes of at least 4 members (excludes halogenated alkanes) is 10. The van der Waals surface area contributed by atoms with Crippen molar-refractivity contribution in [3.05, 3.63) is 0 Å². The van der Waals surface area contributed by atoms with Crippen LogP contribution in [0.1, 0.15) is 90.4 Å². The van der Waals surface area contributed by atoms with E-state index in [1.165, 1.54) is 38.5 Å². The van der Waals surface area contributed by atoms with E-state index in [4.69, 9.17) is 0 Å². The van der Waals surface area contributed by atoms with Gasteiger partial charge >= 0.3 is 17.9 Å². The van der Waals surface area contributed by atoms with Gasteiger partial charge in [0.2, 0.25) is 0 Å². The van der Waals surface area contributed by atoms with Crippen molar-refractivity contribution in [1.29, 1.82) is 0 Å². The molecule has 0 aliphatic rings. The third-order valence-electron chi connectivity index (χ3n) is 4.98. The smallest absolute Gasteiger partial charge is 0.337 e. The Kier molecular flexibility index (Phi) is 13.6. The van der Waals surface area contributed by atoms with Crippen LogP contribution in [0.3, 0.4) is 0 Å². The van der Waals surface area contributed by atoms with Gasteiger partial charge in [-0.1, -0.05) is 77.6 Å². The molecule has 0 aromatic carbocycles. The molecule has 158 valence electrons. The van der Waals surface area contributed by atoms with Gasteiger partial charge in [0.1, 0.15) is 0 Å².